The van der Waals surface area contributed by atoms with Crippen molar-refractivity contribution in [1.29, 1.82) is 0 Å². The van der Waals surface area contributed by atoms with Crippen molar-refractivity contribution in [3.8, 4) is 5.75 Å². The van der Waals surface area contributed by atoms with Crippen molar-refractivity contribution in [1.82, 2.24) is 9.78 Å². The summed E-state index contributed by atoms with van der Waals surface area (Å²) in [6.45, 7) is 1.61. The van der Waals surface area contributed by atoms with E-state index in [2.05, 4.69) is 5.10 Å². The largest absolute Gasteiger partial charge is 0.467 e. The summed E-state index contributed by atoms with van der Waals surface area (Å²) in [5, 5.41) is 15.7. The van der Waals surface area contributed by atoms with E-state index >= 15 is 0 Å². The van der Waals surface area contributed by atoms with Crippen molar-refractivity contribution in [3.05, 3.63) is 55.9 Å². The number of nitro benzene ring substituents is 1. The number of carbonyl (C=O) groups is 1. The molecule has 1 saturated heterocycles. The van der Waals surface area contributed by atoms with Crippen LogP contribution in [-0.4, -0.2) is 47.4 Å². The van der Waals surface area contributed by atoms with Crippen molar-refractivity contribution in [2.45, 2.75) is 32.6 Å². The van der Waals surface area contributed by atoms with Gasteiger partial charge < -0.3 is 14.2 Å². The third-order valence-electron chi connectivity index (χ3n) is 5.36. The van der Waals surface area contributed by atoms with Gasteiger partial charge in [-0.1, -0.05) is 11.6 Å². The average molecular weight is 498 g/mol. The van der Waals surface area contributed by atoms with Gasteiger partial charge >= 0.3 is 5.97 Å². The van der Waals surface area contributed by atoms with Crippen LogP contribution in [0.5, 0.6) is 5.75 Å². The smallest absolute Gasteiger partial charge is 0.331 e. The fourth-order valence-electron chi connectivity index (χ4n) is 3.77. The molecule has 1 aromatic carbocycles. The monoisotopic (exact) mass is 497 g/mol. The van der Waals surface area contributed by atoms with Crippen LogP contribution in [0.1, 0.15) is 34.8 Å². The zero-order chi connectivity index (χ0) is 23.8. The number of non-ortho nitro benzene ring substituents is 1. The lowest BCUT2D eigenvalue weighted by molar-refractivity contribution is -0.385. The molecule has 0 amide bonds. The number of aromatic nitrogens is 2. The number of esters is 1. The summed E-state index contributed by atoms with van der Waals surface area (Å²) in [6, 6.07) is 2.30. The Balaban J connectivity index is 1.47. The first-order chi connectivity index (χ1) is 15.6. The normalized spacial score (nSPS) is 19.3. The zero-order valence-corrected chi connectivity index (χ0v) is 19.1. The number of nitrogens with zero attached hydrogens (tertiary/aromatic N) is 3. The summed E-state index contributed by atoms with van der Waals surface area (Å²) in [4.78, 5) is 22.9. The second-order valence-corrected chi connectivity index (χ2v) is 10.3. The summed E-state index contributed by atoms with van der Waals surface area (Å²) in [7, 11) is -3.11. The molecule has 0 N–H and O–H groups in total. The molecule has 2 aliphatic heterocycles. The minimum absolute atomic E-state index is 0.00425. The molecule has 4 rings (SSSR count). The van der Waals surface area contributed by atoms with Gasteiger partial charge in [-0.3, -0.25) is 10.1 Å². The van der Waals surface area contributed by atoms with E-state index < -0.39 is 20.7 Å². The molecule has 3 heterocycles. The molecule has 0 unspecified atom stereocenters. The first kappa shape index (κ1) is 23.2. The molecule has 33 heavy (non-hydrogen) atoms. The third kappa shape index (κ3) is 5.02. The number of ether oxygens (including phenoxy) is 3. The van der Waals surface area contributed by atoms with Crippen molar-refractivity contribution in [2.75, 3.05) is 18.3 Å². The molecule has 1 atom stereocenters. The van der Waals surface area contributed by atoms with Gasteiger partial charge in [0.15, 0.2) is 16.6 Å². The Morgan fingerprint density at radius 2 is 2.24 bits per heavy atom. The number of sulfone groups is 1. The molecule has 2 aliphatic rings. The summed E-state index contributed by atoms with van der Waals surface area (Å²) in [6.07, 6.45) is 3.04. The van der Waals surface area contributed by atoms with Gasteiger partial charge in [-0.15, -0.1) is 0 Å². The number of rotatable bonds is 6. The van der Waals surface area contributed by atoms with Crippen molar-refractivity contribution < 1.29 is 32.3 Å². The molecule has 0 aliphatic carbocycles. The van der Waals surface area contributed by atoms with Gasteiger partial charge in [0.25, 0.3) is 5.69 Å². The van der Waals surface area contributed by atoms with Crippen LogP contribution in [0, 0.1) is 17.0 Å². The molecule has 0 spiro atoms. The van der Waals surface area contributed by atoms with Gasteiger partial charge in [0.05, 0.1) is 34.8 Å². The van der Waals surface area contributed by atoms with Crippen molar-refractivity contribution >= 4 is 39.2 Å². The Hall–Kier alpha value is -2.96. The van der Waals surface area contributed by atoms with Crippen LogP contribution in [0.2, 0.25) is 5.15 Å². The highest BCUT2D eigenvalue weighted by atomic mass is 35.5. The molecule has 176 valence electrons. The average Bonchev–Trinajstić information content (AvgIpc) is 3.27. The number of benzene rings is 1. The van der Waals surface area contributed by atoms with Gasteiger partial charge in [0.1, 0.15) is 17.5 Å². The SMILES string of the molecule is Cc1nn([C@H]2CCS(=O)(=O)C2)c(Cl)c1/C=C/C(=O)OCc1cc([N+](=O)[O-])cc2c1OCOC2. The maximum Gasteiger partial charge on any atom is 0.331 e. The predicted molar refractivity (Wildman–Crippen MR) is 116 cm³/mol. The van der Waals surface area contributed by atoms with E-state index in [4.69, 9.17) is 25.8 Å². The highest BCUT2D eigenvalue weighted by Crippen LogP contribution is 2.33. The Morgan fingerprint density at radius 3 is 2.94 bits per heavy atom. The quantitative estimate of drug-likeness (QED) is 0.255. The lowest BCUT2D eigenvalue weighted by Crippen LogP contribution is -2.14. The van der Waals surface area contributed by atoms with Gasteiger partial charge in [-0.2, -0.15) is 5.10 Å². The molecule has 0 radical (unpaired) electrons. The molecule has 1 fully saturated rings. The predicted octanol–water partition coefficient (Wildman–Crippen LogP) is 2.74. The summed E-state index contributed by atoms with van der Waals surface area (Å²) in [5.74, 6) is -0.245. The number of aryl methyl sites for hydroxylation is 1. The second kappa shape index (κ2) is 9.12. The topological polar surface area (TPSA) is 140 Å². The summed E-state index contributed by atoms with van der Waals surface area (Å²) >= 11 is 6.40. The lowest BCUT2D eigenvalue weighted by atomic mass is 10.1. The Kier molecular flexibility index (Phi) is 6.41. The van der Waals surface area contributed by atoms with Crippen molar-refractivity contribution in [3.63, 3.8) is 0 Å². The maximum absolute atomic E-state index is 12.3. The van der Waals surface area contributed by atoms with E-state index in [9.17, 15) is 23.3 Å². The molecule has 1 aromatic heterocycles. The third-order valence-corrected chi connectivity index (χ3v) is 7.49. The minimum Gasteiger partial charge on any atom is -0.467 e. The van der Waals surface area contributed by atoms with E-state index in [0.29, 0.717) is 34.6 Å². The number of nitro groups is 1. The fourth-order valence-corrected chi connectivity index (χ4v) is 5.84. The zero-order valence-electron chi connectivity index (χ0n) is 17.5. The maximum atomic E-state index is 12.3. The Morgan fingerprint density at radius 1 is 1.45 bits per heavy atom. The highest BCUT2D eigenvalue weighted by Gasteiger charge is 2.31. The number of fused-ring (bicyclic) bond motifs is 1. The van der Waals surface area contributed by atoms with E-state index in [1.807, 2.05) is 0 Å². The molecule has 13 heteroatoms. The molecule has 0 bridgehead atoms. The van der Waals surface area contributed by atoms with Crippen LogP contribution in [0.15, 0.2) is 18.2 Å². The molecular formula is C20H20ClN3O8S. The van der Waals surface area contributed by atoms with Gasteiger partial charge in [-0.25, -0.2) is 17.9 Å². The Labute approximate surface area is 193 Å². The van der Waals surface area contributed by atoms with Crippen LogP contribution < -0.4 is 4.74 Å². The fraction of sp³-hybridized carbons (Fsp3) is 0.400. The first-order valence-corrected chi connectivity index (χ1v) is 12.1. The number of carbonyl (C=O) groups excluding carboxylic acids is 1. The van der Waals surface area contributed by atoms with Crippen LogP contribution in [-0.2, 0) is 37.3 Å². The van der Waals surface area contributed by atoms with E-state index in [1.54, 1.807) is 6.92 Å². The first-order valence-electron chi connectivity index (χ1n) is 9.95. The lowest BCUT2D eigenvalue weighted by Gasteiger charge is -2.20. The second-order valence-electron chi connectivity index (χ2n) is 7.69. The van der Waals surface area contributed by atoms with Crippen LogP contribution in [0.4, 0.5) is 5.69 Å². The van der Waals surface area contributed by atoms with Crippen molar-refractivity contribution in [2.24, 2.45) is 0 Å². The van der Waals surface area contributed by atoms with Crippen LogP contribution in [0.3, 0.4) is 0 Å². The van der Waals surface area contributed by atoms with Crippen LogP contribution in [0.25, 0.3) is 6.08 Å². The minimum atomic E-state index is -3.11. The van der Waals surface area contributed by atoms with E-state index in [1.165, 1.54) is 29.0 Å². The summed E-state index contributed by atoms with van der Waals surface area (Å²) in [5.41, 5.74) is 1.71. The standard InChI is InChI=1S/C20H20ClN3O8S/c1-12-17(20(21)23(22-12)15-4-5-33(28,29)10-15)2-3-18(25)31-9-14-7-16(24(26)27)6-13-8-30-11-32-19(13)14/h2-3,6-7,15H,4-5,8-11H2,1H3/b3-2+/t15-/m0/s1. The summed E-state index contributed by atoms with van der Waals surface area (Å²) < 4.78 is 40.8. The molecular weight excluding hydrogens is 478 g/mol. The number of hydrogen-bond acceptors (Lipinski definition) is 9. The molecule has 0 saturated carbocycles. The highest BCUT2D eigenvalue weighted by molar-refractivity contribution is 7.91. The van der Waals surface area contributed by atoms with E-state index in [-0.39, 0.29) is 48.4 Å². The molecule has 2 aromatic rings. The Bertz CT molecular complexity index is 1250. The number of halogens is 1. The number of hydrogen-bond donors (Lipinski definition) is 0. The molecule has 11 nitrogen and oxygen atoms in total. The van der Waals surface area contributed by atoms with Crippen LogP contribution >= 0.6 is 11.6 Å². The van der Waals surface area contributed by atoms with Gasteiger partial charge in [-0.05, 0) is 19.4 Å². The van der Waals surface area contributed by atoms with Gasteiger partial charge in [0, 0.05) is 34.9 Å². The van der Waals surface area contributed by atoms with Gasteiger partial charge in [0.2, 0.25) is 0 Å². The van der Waals surface area contributed by atoms with E-state index in [0.717, 1.165) is 0 Å².